The second-order valence-corrected chi connectivity index (χ2v) is 24.9. The number of nitrogens with zero attached hydrogens (tertiary/aromatic N) is 1. The number of amides is 8. The van der Waals surface area contributed by atoms with Gasteiger partial charge in [0.05, 0.1) is 151 Å². The quantitative estimate of drug-likeness (QED) is 0.0199. The highest BCUT2D eigenvalue weighted by atomic mass is 16.7. The van der Waals surface area contributed by atoms with Crippen molar-refractivity contribution in [2.45, 2.75) is 177 Å². The second kappa shape index (κ2) is 53.9. The molecule has 0 aliphatic carbocycles. The lowest BCUT2D eigenvalue weighted by Crippen LogP contribution is -2.64. The maximum Gasteiger partial charge on any atom is 0.336 e. The van der Waals surface area contributed by atoms with E-state index in [4.69, 9.17) is 75.9 Å². The zero-order valence-electron chi connectivity index (χ0n) is 60.7. The molecule has 42 heteroatoms. The van der Waals surface area contributed by atoms with Gasteiger partial charge in [0.2, 0.25) is 35.4 Å². The van der Waals surface area contributed by atoms with Crippen LogP contribution in [0.1, 0.15) is 78.6 Å². The van der Waals surface area contributed by atoms with Crippen molar-refractivity contribution in [1.82, 2.24) is 37.0 Å². The van der Waals surface area contributed by atoms with Crippen molar-refractivity contribution in [3.05, 3.63) is 0 Å². The summed E-state index contributed by atoms with van der Waals surface area (Å²) < 4.78 is 82.6. The maximum atomic E-state index is 14.2. The summed E-state index contributed by atoms with van der Waals surface area (Å²) in [6.07, 6.45) is -15.6. The molecule has 616 valence electrons. The number of unbranched alkanes of at least 4 members (excludes halogenated alkanes) is 2. The molecule has 0 aromatic carbocycles. The van der Waals surface area contributed by atoms with E-state index in [-0.39, 0.29) is 184 Å². The molecule has 0 bridgehead atoms. The average Bonchev–Trinajstić information content (AvgIpc) is 1.67. The summed E-state index contributed by atoms with van der Waals surface area (Å²) in [5.74, 6) is -7.54. The third-order valence-electron chi connectivity index (χ3n) is 16.4. The van der Waals surface area contributed by atoms with Gasteiger partial charge >= 0.3 is 5.97 Å². The number of rotatable bonds is 58. The standard InChI is InChI=1S/C65H111N7O35/c1-39(76)68-53-59(88)56(85)45(33-73)104-63(53)101-29-26-95-17-14-92-20-23-98-36-48(80)66-12-6-4-8-42(62(91)107-72-51(83)10-11-52(72)84)32-44(79)43(71-50(82)38-100-25-22-94-16-19-97-28-31-103-65-55(70-41(3)78)61(90)58(87)47(35-75)106-65)9-5-7-13-67-49(81)37-99-24-21-93-15-18-96-27-30-102-64-54(69-40(2)77)60(89)57(86)46(34-74)105-64/h42-43,45-47,53-61,63-65,73-75,85-90H,4-38H2,1-3H3,(H,66,80)(H,67,81)(H,68,76)(H,69,77)(H,70,78)(H,71,82)/t42-,43+,45-,46-,47-,53-,54-,55-,56+,57+,58+,59-,60-,61-,63-,64-,65-/m1/s1. The predicted octanol–water partition coefficient (Wildman–Crippen LogP) is -8.74. The van der Waals surface area contributed by atoms with Crippen LogP contribution in [0.2, 0.25) is 0 Å². The summed E-state index contributed by atoms with van der Waals surface area (Å²) in [6.45, 7) is 2.02. The molecule has 0 aromatic heterocycles. The molecule has 4 saturated heterocycles. The molecule has 0 unspecified atom stereocenters. The Morgan fingerprint density at radius 2 is 0.729 bits per heavy atom. The van der Waals surface area contributed by atoms with Crippen LogP contribution in [-0.2, 0) is 124 Å². The Hall–Kier alpha value is -5.86. The molecular weight excluding hydrogens is 1440 g/mol. The zero-order chi connectivity index (χ0) is 78.5. The lowest BCUT2D eigenvalue weighted by Gasteiger charge is -2.42. The molecule has 0 radical (unpaired) electrons. The number of hydrogen-bond donors (Lipinski definition) is 15. The first kappa shape index (κ1) is 93.5. The number of carbonyl (C=O) groups is 10. The van der Waals surface area contributed by atoms with Gasteiger partial charge in [0, 0.05) is 53.1 Å². The van der Waals surface area contributed by atoms with Gasteiger partial charge in [-0.15, -0.1) is 5.06 Å². The lowest BCUT2D eigenvalue weighted by atomic mass is 9.92. The molecule has 17 atom stereocenters. The summed E-state index contributed by atoms with van der Waals surface area (Å²) in [7, 11) is 0. The molecule has 4 rings (SSSR count). The highest BCUT2D eigenvalue weighted by Gasteiger charge is 2.48. The molecule has 15 N–H and O–H groups in total. The van der Waals surface area contributed by atoms with Gasteiger partial charge < -0.3 is 154 Å². The van der Waals surface area contributed by atoms with Crippen molar-refractivity contribution in [2.75, 3.05) is 172 Å². The summed E-state index contributed by atoms with van der Waals surface area (Å²) in [6, 6.07) is -4.53. The Balaban J connectivity index is 1.19. The van der Waals surface area contributed by atoms with Crippen LogP contribution in [0.25, 0.3) is 0 Å². The number of ether oxygens (including phenoxy) is 15. The van der Waals surface area contributed by atoms with E-state index in [1.807, 2.05) is 0 Å². The minimum absolute atomic E-state index is 0.0160. The van der Waals surface area contributed by atoms with Gasteiger partial charge in [0.15, 0.2) is 24.7 Å². The molecule has 4 fully saturated rings. The summed E-state index contributed by atoms with van der Waals surface area (Å²) in [5.41, 5.74) is 0. The number of carbonyl (C=O) groups excluding carboxylic acids is 10. The highest BCUT2D eigenvalue weighted by Crippen LogP contribution is 2.26. The van der Waals surface area contributed by atoms with Crippen molar-refractivity contribution in [1.29, 1.82) is 0 Å². The number of imide groups is 1. The fourth-order valence-corrected chi connectivity index (χ4v) is 10.9. The number of ketones is 1. The van der Waals surface area contributed by atoms with E-state index in [0.29, 0.717) is 17.9 Å². The molecule has 42 nitrogen and oxygen atoms in total. The Bertz CT molecular complexity index is 2610. The SMILES string of the molecule is CC(=O)N[C@H]1[C@H](OCCOCCOCCOCC(=O)NCCCC[C@H](CC(=O)[C@H](CCCCNC(=O)COCCOCCOCCO[C@@H]2O[C@H](CO)[C@H](O)[C@H](O)[C@H]2NC(C)=O)NC(=O)COCCOCCOCCO[C@@H]2O[C@H](CO)[C@H](O)[C@H](O)[C@H]2NC(C)=O)C(=O)ON2C(=O)CCC2=O)O[C@H](CO)[C@H](O)[C@@H]1O. The number of hydroxylamine groups is 2. The predicted molar refractivity (Wildman–Crippen MR) is 357 cm³/mol. The molecule has 8 amide bonds. The Morgan fingerprint density at radius 3 is 1.06 bits per heavy atom. The largest absolute Gasteiger partial charge is 0.394 e. The lowest BCUT2D eigenvalue weighted by molar-refractivity contribution is -0.272. The van der Waals surface area contributed by atoms with E-state index in [1.165, 1.54) is 20.8 Å². The first-order valence-corrected chi connectivity index (χ1v) is 35.6. The van der Waals surface area contributed by atoms with Crippen molar-refractivity contribution in [3.63, 3.8) is 0 Å². The molecular formula is C65H111N7O35. The van der Waals surface area contributed by atoms with Crippen LogP contribution in [-0.4, -0.2) is 380 Å². The Morgan fingerprint density at radius 1 is 0.421 bits per heavy atom. The topological polar surface area (TPSA) is 576 Å². The van der Waals surface area contributed by atoms with Crippen LogP contribution in [0.15, 0.2) is 0 Å². The zero-order valence-corrected chi connectivity index (χ0v) is 60.7. The number of hydrogen-bond acceptors (Lipinski definition) is 35. The van der Waals surface area contributed by atoms with Crippen LogP contribution in [0.4, 0.5) is 0 Å². The van der Waals surface area contributed by atoms with Gasteiger partial charge in [0.1, 0.15) is 92.9 Å². The summed E-state index contributed by atoms with van der Waals surface area (Å²) >= 11 is 0. The highest BCUT2D eigenvalue weighted by molar-refractivity contribution is 6.02. The summed E-state index contributed by atoms with van der Waals surface area (Å²) in [4.78, 5) is 132. The van der Waals surface area contributed by atoms with Gasteiger partial charge in [-0.25, -0.2) is 4.79 Å². The molecule has 107 heavy (non-hydrogen) atoms. The monoisotopic (exact) mass is 1550 g/mol. The Labute approximate surface area is 618 Å². The number of Topliss-reactive ketones (excluding diaryl/α,β-unsaturated/α-hetero) is 1. The van der Waals surface area contributed by atoms with E-state index in [1.54, 1.807) is 0 Å². The average molecular weight is 1550 g/mol. The van der Waals surface area contributed by atoms with Gasteiger partial charge in [-0.05, 0) is 32.1 Å². The van der Waals surface area contributed by atoms with Crippen LogP contribution in [0.3, 0.4) is 0 Å². The fraction of sp³-hybridized carbons (Fsp3) is 0.846. The van der Waals surface area contributed by atoms with Crippen molar-refractivity contribution in [3.8, 4) is 0 Å². The molecule has 0 saturated carbocycles. The van der Waals surface area contributed by atoms with Gasteiger partial charge in [0.25, 0.3) is 11.8 Å². The molecule has 0 spiro atoms. The molecule has 4 heterocycles. The van der Waals surface area contributed by atoms with Crippen LogP contribution < -0.4 is 31.9 Å². The minimum Gasteiger partial charge on any atom is -0.394 e. The van der Waals surface area contributed by atoms with Crippen molar-refractivity contribution in [2.24, 2.45) is 5.92 Å². The smallest absolute Gasteiger partial charge is 0.336 e. The van der Waals surface area contributed by atoms with Gasteiger partial charge in [-0.1, -0.05) is 6.42 Å². The van der Waals surface area contributed by atoms with E-state index in [0.717, 1.165) is 0 Å². The second-order valence-electron chi connectivity index (χ2n) is 24.9. The van der Waals surface area contributed by atoms with E-state index in [2.05, 4.69) is 31.9 Å². The van der Waals surface area contributed by atoms with E-state index < -0.39 is 196 Å². The van der Waals surface area contributed by atoms with Crippen molar-refractivity contribution >= 4 is 59.0 Å². The van der Waals surface area contributed by atoms with E-state index in [9.17, 15) is 93.9 Å². The van der Waals surface area contributed by atoms with Crippen LogP contribution in [0.5, 0.6) is 0 Å². The maximum absolute atomic E-state index is 14.2. The van der Waals surface area contributed by atoms with Crippen LogP contribution >= 0.6 is 0 Å². The summed E-state index contributed by atoms with van der Waals surface area (Å²) in [5, 5.41) is 106. The minimum atomic E-state index is -1.48. The first-order chi connectivity index (χ1) is 51.4. The molecule has 4 aliphatic rings. The first-order valence-electron chi connectivity index (χ1n) is 35.6. The third kappa shape index (κ3) is 36.2. The van der Waals surface area contributed by atoms with Gasteiger partial charge in [-0.2, -0.15) is 0 Å². The fourth-order valence-electron chi connectivity index (χ4n) is 10.9. The van der Waals surface area contributed by atoms with Crippen molar-refractivity contribution < 1.29 is 170 Å². The molecule has 4 aliphatic heterocycles. The Kier molecular flexibility index (Phi) is 47.1. The molecule has 0 aromatic rings. The third-order valence-corrected chi connectivity index (χ3v) is 16.4. The number of aliphatic hydroxyl groups is 9. The number of nitrogens with one attached hydrogen (secondary N) is 6. The van der Waals surface area contributed by atoms with E-state index >= 15 is 0 Å². The van der Waals surface area contributed by atoms with Gasteiger partial charge in [-0.3, -0.25) is 43.2 Å². The van der Waals surface area contributed by atoms with Crippen LogP contribution in [0, 0.1) is 5.92 Å². The number of aliphatic hydroxyl groups excluding tert-OH is 9. The normalized spacial score (nSPS) is 25.7.